The van der Waals surface area contributed by atoms with Crippen molar-refractivity contribution in [3.63, 3.8) is 0 Å². The maximum absolute atomic E-state index is 11.7. The Morgan fingerprint density at radius 3 is 2.84 bits per heavy atom. The number of carbonyl (C=O) groups excluding carboxylic acids is 1. The van der Waals surface area contributed by atoms with E-state index in [1.807, 2.05) is 49.4 Å². The highest BCUT2D eigenvalue weighted by atomic mass is 16.5. The molecule has 4 aromatic rings. The van der Waals surface area contributed by atoms with Crippen molar-refractivity contribution in [3.8, 4) is 23.0 Å². The molecule has 0 radical (unpaired) electrons. The second-order valence-corrected chi connectivity index (χ2v) is 8.41. The molecule has 0 amide bonds. The van der Waals surface area contributed by atoms with Crippen LogP contribution in [-0.4, -0.2) is 31.9 Å². The summed E-state index contributed by atoms with van der Waals surface area (Å²) in [5, 5.41) is 10.4. The van der Waals surface area contributed by atoms with Crippen LogP contribution >= 0.6 is 0 Å². The third-order valence-electron chi connectivity index (χ3n) is 5.97. The minimum absolute atomic E-state index is 0.197. The van der Waals surface area contributed by atoms with E-state index in [0.717, 1.165) is 35.7 Å². The first-order valence-electron chi connectivity index (χ1n) is 10.4. The number of aromatic amines is 1. The van der Waals surface area contributed by atoms with Gasteiger partial charge in [-0.3, -0.25) is 4.79 Å². The van der Waals surface area contributed by atoms with Crippen LogP contribution in [0, 0.1) is 0 Å². The molecule has 0 aliphatic heterocycles. The van der Waals surface area contributed by atoms with E-state index in [2.05, 4.69) is 15.0 Å². The Morgan fingerprint density at radius 2 is 2.06 bits per heavy atom. The summed E-state index contributed by atoms with van der Waals surface area (Å²) >= 11 is 0. The standard InChI is InChI=1S/C25H23N3O3/c1-25(30)11-10-16(14-25)19-5-4-12-26-24(19)31-18-9-8-17(15-29)20(13-18)23-27-21-6-2-3-7-22(21)28-23/h2-9,12-13,15-16,30H,10-11,14H2,1H3,(H,27,28)/t16-,25-/m1/s1. The number of aromatic nitrogens is 3. The Kier molecular flexibility index (Phi) is 4.79. The Bertz CT molecular complexity index is 1230. The smallest absolute Gasteiger partial charge is 0.222 e. The number of aliphatic hydroxyl groups is 1. The van der Waals surface area contributed by atoms with Crippen LogP contribution in [0.25, 0.3) is 22.4 Å². The van der Waals surface area contributed by atoms with Crippen molar-refractivity contribution < 1.29 is 14.6 Å². The van der Waals surface area contributed by atoms with Gasteiger partial charge in [0.25, 0.3) is 0 Å². The lowest BCUT2D eigenvalue weighted by molar-refractivity contribution is 0.0664. The SMILES string of the molecule is C[C@@]1(O)CC[C@@H](c2cccnc2Oc2ccc(C=O)c(-c3nc4ccccc4[nH]3)c2)C1. The van der Waals surface area contributed by atoms with Crippen LogP contribution in [0.3, 0.4) is 0 Å². The van der Waals surface area contributed by atoms with Crippen molar-refractivity contribution >= 4 is 17.3 Å². The number of rotatable bonds is 5. The summed E-state index contributed by atoms with van der Waals surface area (Å²) in [4.78, 5) is 24.0. The topological polar surface area (TPSA) is 88.1 Å². The fraction of sp³-hybridized carbons (Fsp3) is 0.240. The van der Waals surface area contributed by atoms with Gasteiger partial charge in [0.1, 0.15) is 11.6 Å². The fourth-order valence-corrected chi connectivity index (χ4v) is 4.38. The van der Waals surface area contributed by atoms with Crippen LogP contribution in [0.5, 0.6) is 11.6 Å². The van der Waals surface area contributed by atoms with E-state index in [-0.39, 0.29) is 5.92 Å². The molecule has 0 saturated heterocycles. The minimum Gasteiger partial charge on any atom is -0.439 e. The maximum Gasteiger partial charge on any atom is 0.222 e. The number of pyridine rings is 1. The van der Waals surface area contributed by atoms with Gasteiger partial charge in [0, 0.05) is 22.9 Å². The van der Waals surface area contributed by atoms with Gasteiger partial charge in [-0.25, -0.2) is 9.97 Å². The number of ether oxygens (including phenoxy) is 1. The number of para-hydroxylation sites is 2. The first-order chi connectivity index (χ1) is 15.0. The van der Waals surface area contributed by atoms with Gasteiger partial charge in [-0.2, -0.15) is 0 Å². The van der Waals surface area contributed by atoms with Gasteiger partial charge >= 0.3 is 0 Å². The van der Waals surface area contributed by atoms with Crippen LogP contribution in [0.4, 0.5) is 0 Å². The van der Waals surface area contributed by atoms with E-state index in [0.29, 0.717) is 35.0 Å². The predicted molar refractivity (Wildman–Crippen MR) is 118 cm³/mol. The molecule has 1 fully saturated rings. The number of benzene rings is 2. The average molecular weight is 413 g/mol. The quantitative estimate of drug-likeness (QED) is 0.436. The van der Waals surface area contributed by atoms with Crippen LogP contribution in [0.15, 0.2) is 60.8 Å². The van der Waals surface area contributed by atoms with Gasteiger partial charge < -0.3 is 14.8 Å². The number of H-pyrrole nitrogens is 1. The highest BCUT2D eigenvalue weighted by molar-refractivity contribution is 5.89. The minimum atomic E-state index is -0.655. The summed E-state index contributed by atoms with van der Waals surface area (Å²) in [6, 6.07) is 16.9. The van der Waals surface area contributed by atoms with Crippen molar-refractivity contribution in [2.75, 3.05) is 0 Å². The highest BCUT2D eigenvalue weighted by Gasteiger charge is 2.35. The molecule has 0 spiro atoms. The summed E-state index contributed by atoms with van der Waals surface area (Å²) in [5.41, 5.74) is 3.27. The summed E-state index contributed by atoms with van der Waals surface area (Å²) in [6.07, 6.45) is 4.86. The average Bonchev–Trinajstić information content (AvgIpc) is 3.37. The monoisotopic (exact) mass is 413 g/mol. The molecule has 2 aromatic carbocycles. The van der Waals surface area contributed by atoms with E-state index in [1.165, 1.54) is 0 Å². The van der Waals surface area contributed by atoms with Crippen LogP contribution in [-0.2, 0) is 0 Å². The normalized spacial score (nSPS) is 20.8. The van der Waals surface area contributed by atoms with Gasteiger partial charge in [0.15, 0.2) is 6.29 Å². The molecular weight excluding hydrogens is 390 g/mol. The summed E-state index contributed by atoms with van der Waals surface area (Å²) in [5.74, 6) is 1.91. The van der Waals surface area contributed by atoms with Gasteiger partial charge in [-0.1, -0.05) is 18.2 Å². The zero-order chi connectivity index (χ0) is 21.4. The van der Waals surface area contributed by atoms with Gasteiger partial charge in [0.05, 0.1) is 16.6 Å². The molecule has 2 aromatic heterocycles. The Morgan fingerprint density at radius 1 is 1.19 bits per heavy atom. The van der Waals surface area contributed by atoms with Crippen molar-refractivity contribution in [1.29, 1.82) is 0 Å². The molecule has 0 unspecified atom stereocenters. The second-order valence-electron chi connectivity index (χ2n) is 8.41. The lowest BCUT2D eigenvalue weighted by Crippen LogP contribution is -2.18. The molecule has 2 atom stereocenters. The Labute approximate surface area is 179 Å². The molecule has 6 heteroatoms. The van der Waals surface area contributed by atoms with Crippen molar-refractivity contribution in [2.45, 2.75) is 37.7 Å². The zero-order valence-corrected chi connectivity index (χ0v) is 17.2. The van der Waals surface area contributed by atoms with Crippen LogP contribution < -0.4 is 4.74 Å². The molecule has 1 aliphatic carbocycles. The molecule has 1 aliphatic rings. The largest absolute Gasteiger partial charge is 0.439 e. The van der Waals surface area contributed by atoms with E-state index in [4.69, 9.17) is 4.74 Å². The van der Waals surface area contributed by atoms with E-state index >= 15 is 0 Å². The number of nitrogens with zero attached hydrogens (tertiary/aromatic N) is 2. The zero-order valence-electron chi connectivity index (χ0n) is 17.2. The molecule has 1 saturated carbocycles. The fourth-order valence-electron chi connectivity index (χ4n) is 4.38. The lowest BCUT2D eigenvalue weighted by Gasteiger charge is -2.18. The molecule has 2 N–H and O–H groups in total. The molecular formula is C25H23N3O3. The molecule has 0 bridgehead atoms. The van der Waals surface area contributed by atoms with E-state index in [9.17, 15) is 9.90 Å². The number of hydrogen-bond donors (Lipinski definition) is 2. The number of fused-ring (bicyclic) bond motifs is 1. The van der Waals surface area contributed by atoms with Crippen molar-refractivity contribution in [1.82, 2.24) is 15.0 Å². The Hall–Kier alpha value is -3.51. The third kappa shape index (κ3) is 3.82. The lowest BCUT2D eigenvalue weighted by atomic mass is 9.96. The maximum atomic E-state index is 11.7. The number of imidazole rings is 1. The van der Waals surface area contributed by atoms with Crippen molar-refractivity contribution in [3.05, 3.63) is 71.9 Å². The molecule has 2 heterocycles. The number of carbonyl (C=O) groups is 1. The first kappa shape index (κ1) is 19.5. The second kappa shape index (κ2) is 7.63. The summed E-state index contributed by atoms with van der Waals surface area (Å²) in [7, 11) is 0. The molecule has 5 rings (SSSR count). The van der Waals surface area contributed by atoms with Gasteiger partial charge in [-0.15, -0.1) is 0 Å². The molecule has 31 heavy (non-hydrogen) atoms. The third-order valence-corrected chi connectivity index (χ3v) is 5.97. The van der Waals surface area contributed by atoms with Gasteiger partial charge in [-0.05, 0) is 68.5 Å². The number of nitrogens with one attached hydrogen (secondary N) is 1. The van der Waals surface area contributed by atoms with Gasteiger partial charge in [0.2, 0.25) is 5.88 Å². The van der Waals surface area contributed by atoms with Crippen LogP contribution in [0.1, 0.15) is 48.0 Å². The summed E-state index contributed by atoms with van der Waals surface area (Å²) in [6.45, 7) is 1.88. The van der Waals surface area contributed by atoms with Crippen LogP contribution in [0.2, 0.25) is 0 Å². The van der Waals surface area contributed by atoms with Crippen molar-refractivity contribution in [2.24, 2.45) is 0 Å². The summed E-state index contributed by atoms with van der Waals surface area (Å²) < 4.78 is 6.18. The molecule has 156 valence electrons. The number of aldehydes is 1. The number of hydrogen-bond acceptors (Lipinski definition) is 5. The predicted octanol–water partition coefficient (Wildman–Crippen LogP) is 5.25. The first-order valence-corrected chi connectivity index (χ1v) is 10.4. The highest BCUT2D eigenvalue weighted by Crippen LogP contribution is 2.43. The van der Waals surface area contributed by atoms with E-state index < -0.39 is 5.60 Å². The Balaban J connectivity index is 1.50. The molecule has 6 nitrogen and oxygen atoms in total. The van der Waals surface area contributed by atoms with E-state index in [1.54, 1.807) is 18.3 Å².